The summed E-state index contributed by atoms with van der Waals surface area (Å²) in [6, 6.07) is 1.68. The van der Waals surface area contributed by atoms with E-state index in [4.69, 9.17) is 0 Å². The molecule has 1 amide bonds. The summed E-state index contributed by atoms with van der Waals surface area (Å²) in [5.74, 6) is -2.47. The molecule has 0 saturated heterocycles. The van der Waals surface area contributed by atoms with Gasteiger partial charge in [-0.15, -0.1) is 0 Å². The number of aromatic nitrogens is 2. The summed E-state index contributed by atoms with van der Waals surface area (Å²) >= 11 is 0. The zero-order valence-electron chi connectivity index (χ0n) is 11.4. The third-order valence-corrected chi connectivity index (χ3v) is 3.10. The molecular weight excluding hydrogens is 268 g/mol. The first-order valence-electron chi connectivity index (χ1n) is 6.17. The van der Waals surface area contributed by atoms with Gasteiger partial charge in [0.15, 0.2) is 11.6 Å². The van der Waals surface area contributed by atoms with Crippen molar-refractivity contribution in [1.82, 2.24) is 14.5 Å². The molecule has 0 bridgehead atoms. The maximum absolute atomic E-state index is 13.4. The second kappa shape index (κ2) is 5.07. The summed E-state index contributed by atoms with van der Waals surface area (Å²) in [5.41, 5.74) is 0.00241. The fourth-order valence-corrected chi connectivity index (χ4v) is 2.15. The van der Waals surface area contributed by atoms with Gasteiger partial charge in [0.25, 0.3) is 0 Å². The molecule has 2 aromatic rings. The number of carbonyl (C=O) groups is 1. The van der Waals surface area contributed by atoms with Crippen LogP contribution < -0.4 is 11.0 Å². The first-order chi connectivity index (χ1) is 9.36. The highest BCUT2D eigenvalue weighted by molar-refractivity contribution is 5.81. The molecule has 0 saturated carbocycles. The van der Waals surface area contributed by atoms with Crippen LogP contribution in [0.25, 0.3) is 11.0 Å². The number of benzene rings is 1. The molecule has 0 radical (unpaired) electrons. The summed E-state index contributed by atoms with van der Waals surface area (Å²) in [6.07, 6.45) is 0. The average Bonchev–Trinajstić information content (AvgIpc) is 2.63. The average molecular weight is 283 g/mol. The van der Waals surface area contributed by atoms with E-state index in [1.165, 1.54) is 11.6 Å². The molecule has 1 N–H and O–H groups in total. The monoisotopic (exact) mass is 283 g/mol. The molecule has 0 aliphatic carbocycles. The lowest BCUT2D eigenvalue weighted by molar-refractivity contribution is -0.121. The number of nitrogens with zero attached hydrogens (tertiary/aromatic N) is 2. The Morgan fingerprint density at radius 2 is 1.80 bits per heavy atom. The van der Waals surface area contributed by atoms with E-state index in [9.17, 15) is 18.4 Å². The molecule has 0 unspecified atom stereocenters. The fraction of sp³-hybridized carbons (Fsp3) is 0.385. The van der Waals surface area contributed by atoms with Gasteiger partial charge in [-0.3, -0.25) is 13.9 Å². The second-order valence-corrected chi connectivity index (χ2v) is 4.76. The Bertz CT molecular complexity index is 731. The Labute approximate surface area is 113 Å². The van der Waals surface area contributed by atoms with E-state index in [1.54, 1.807) is 13.8 Å². The van der Waals surface area contributed by atoms with E-state index in [2.05, 4.69) is 5.32 Å². The van der Waals surface area contributed by atoms with Crippen LogP contribution in [0.5, 0.6) is 0 Å². The van der Waals surface area contributed by atoms with Gasteiger partial charge in [0.1, 0.15) is 6.54 Å². The zero-order valence-corrected chi connectivity index (χ0v) is 11.4. The Morgan fingerprint density at radius 3 is 2.30 bits per heavy atom. The van der Waals surface area contributed by atoms with Gasteiger partial charge in [-0.25, -0.2) is 13.6 Å². The predicted octanol–water partition coefficient (Wildman–Crippen LogP) is 1.41. The van der Waals surface area contributed by atoms with Crippen molar-refractivity contribution in [3.63, 3.8) is 0 Å². The number of fused-ring (bicyclic) bond motifs is 1. The summed E-state index contributed by atoms with van der Waals surface area (Å²) in [6.45, 7) is 3.27. The van der Waals surface area contributed by atoms with Crippen LogP contribution in [0, 0.1) is 11.6 Å². The van der Waals surface area contributed by atoms with Gasteiger partial charge in [-0.05, 0) is 13.8 Å². The number of imidazole rings is 1. The van der Waals surface area contributed by atoms with Crippen molar-refractivity contribution in [3.8, 4) is 0 Å². The minimum absolute atomic E-state index is 0.200. The SMILES string of the molecule is CNC(=O)Cn1c(=O)n(C(C)C)c2cc(F)c(F)cc21. The molecular formula is C13H15F2N3O2. The highest BCUT2D eigenvalue weighted by atomic mass is 19.2. The Balaban J connectivity index is 2.80. The van der Waals surface area contributed by atoms with Crippen molar-refractivity contribution in [1.29, 1.82) is 0 Å². The van der Waals surface area contributed by atoms with Crippen LogP contribution in [0.4, 0.5) is 8.78 Å². The maximum atomic E-state index is 13.4. The number of carbonyl (C=O) groups excluding carboxylic acids is 1. The van der Waals surface area contributed by atoms with Gasteiger partial charge < -0.3 is 5.32 Å². The molecule has 2 rings (SSSR count). The minimum atomic E-state index is -1.05. The van der Waals surface area contributed by atoms with E-state index in [1.807, 2.05) is 0 Å². The molecule has 0 fully saturated rings. The van der Waals surface area contributed by atoms with Gasteiger partial charge in [0, 0.05) is 25.2 Å². The third-order valence-electron chi connectivity index (χ3n) is 3.10. The normalized spacial score (nSPS) is 11.3. The molecule has 1 aromatic heterocycles. The van der Waals surface area contributed by atoms with Crippen LogP contribution in [0.15, 0.2) is 16.9 Å². The lowest BCUT2D eigenvalue weighted by Gasteiger charge is -2.06. The maximum Gasteiger partial charge on any atom is 0.329 e. The fourth-order valence-electron chi connectivity index (χ4n) is 2.15. The van der Waals surface area contributed by atoms with Gasteiger partial charge in [-0.2, -0.15) is 0 Å². The molecule has 0 spiro atoms. The number of hydrogen-bond donors (Lipinski definition) is 1. The molecule has 1 aromatic carbocycles. The van der Waals surface area contributed by atoms with Gasteiger partial charge in [0.2, 0.25) is 5.91 Å². The number of rotatable bonds is 3. The van der Waals surface area contributed by atoms with Crippen molar-refractivity contribution < 1.29 is 13.6 Å². The summed E-state index contributed by atoms with van der Waals surface area (Å²) in [4.78, 5) is 23.8. The van der Waals surface area contributed by atoms with Crippen molar-refractivity contribution in [2.24, 2.45) is 0 Å². The number of halogens is 2. The van der Waals surface area contributed by atoms with E-state index in [0.29, 0.717) is 0 Å². The first-order valence-corrected chi connectivity index (χ1v) is 6.17. The number of likely N-dealkylation sites (N-methyl/N-ethyl adjacent to an activating group) is 1. The van der Waals surface area contributed by atoms with E-state index >= 15 is 0 Å². The summed E-state index contributed by atoms with van der Waals surface area (Å²) in [5, 5.41) is 2.39. The molecule has 20 heavy (non-hydrogen) atoms. The summed E-state index contributed by atoms with van der Waals surface area (Å²) in [7, 11) is 1.44. The molecule has 0 aliphatic rings. The number of nitrogens with one attached hydrogen (secondary N) is 1. The van der Waals surface area contributed by atoms with Crippen LogP contribution in [0.1, 0.15) is 19.9 Å². The van der Waals surface area contributed by atoms with E-state index in [0.717, 1.165) is 16.7 Å². The van der Waals surface area contributed by atoms with Crippen LogP contribution in [-0.2, 0) is 11.3 Å². The minimum Gasteiger partial charge on any atom is -0.358 e. The largest absolute Gasteiger partial charge is 0.358 e. The molecule has 7 heteroatoms. The van der Waals surface area contributed by atoms with Crippen LogP contribution >= 0.6 is 0 Å². The van der Waals surface area contributed by atoms with Crippen molar-refractivity contribution in [3.05, 3.63) is 34.3 Å². The third kappa shape index (κ3) is 2.19. The van der Waals surface area contributed by atoms with Crippen LogP contribution in [0.2, 0.25) is 0 Å². The second-order valence-electron chi connectivity index (χ2n) is 4.76. The molecule has 108 valence electrons. The highest BCUT2D eigenvalue weighted by Crippen LogP contribution is 2.20. The van der Waals surface area contributed by atoms with Gasteiger partial charge in [0.05, 0.1) is 11.0 Å². The standard InChI is InChI=1S/C13H15F2N3O2/c1-7(2)18-11-5-9(15)8(14)4-10(11)17(13(18)20)6-12(19)16-3/h4-5,7H,6H2,1-3H3,(H,16,19). The van der Waals surface area contributed by atoms with Crippen molar-refractivity contribution >= 4 is 16.9 Å². The Morgan fingerprint density at radius 1 is 1.25 bits per heavy atom. The first kappa shape index (κ1) is 14.2. The molecule has 0 aliphatic heterocycles. The zero-order chi connectivity index (χ0) is 15.0. The van der Waals surface area contributed by atoms with E-state index < -0.39 is 17.3 Å². The van der Waals surface area contributed by atoms with Crippen LogP contribution in [-0.4, -0.2) is 22.1 Å². The lowest BCUT2D eigenvalue weighted by Crippen LogP contribution is -2.31. The van der Waals surface area contributed by atoms with Crippen LogP contribution in [0.3, 0.4) is 0 Å². The smallest absolute Gasteiger partial charge is 0.329 e. The van der Waals surface area contributed by atoms with Crippen molar-refractivity contribution in [2.75, 3.05) is 7.05 Å². The van der Waals surface area contributed by atoms with Gasteiger partial charge in [-0.1, -0.05) is 0 Å². The molecule has 5 nitrogen and oxygen atoms in total. The van der Waals surface area contributed by atoms with E-state index in [-0.39, 0.29) is 29.5 Å². The highest BCUT2D eigenvalue weighted by Gasteiger charge is 2.19. The van der Waals surface area contributed by atoms with Crippen molar-refractivity contribution in [2.45, 2.75) is 26.4 Å². The lowest BCUT2D eigenvalue weighted by atomic mass is 10.2. The molecule has 1 heterocycles. The topological polar surface area (TPSA) is 56.0 Å². The quantitative estimate of drug-likeness (QED) is 0.926. The Kier molecular flexibility index (Phi) is 3.61. The predicted molar refractivity (Wildman–Crippen MR) is 70.6 cm³/mol. The number of hydrogen-bond acceptors (Lipinski definition) is 2. The number of amides is 1. The molecule has 0 atom stereocenters. The summed E-state index contributed by atoms with van der Waals surface area (Å²) < 4.78 is 29.2. The Hall–Kier alpha value is -2.18. The van der Waals surface area contributed by atoms with Gasteiger partial charge >= 0.3 is 5.69 Å².